The van der Waals surface area contributed by atoms with Crippen molar-refractivity contribution >= 4 is 35.1 Å². The predicted molar refractivity (Wildman–Crippen MR) is 110 cm³/mol. The van der Waals surface area contributed by atoms with Crippen LogP contribution in [0.15, 0.2) is 30.4 Å². The molecule has 1 heterocycles. The summed E-state index contributed by atoms with van der Waals surface area (Å²) >= 11 is 12.2. The Morgan fingerprint density at radius 2 is 1.86 bits per heavy atom. The van der Waals surface area contributed by atoms with Gasteiger partial charge < -0.3 is 20.3 Å². The Balaban J connectivity index is 0.000000416. The lowest BCUT2D eigenvalue weighted by molar-refractivity contribution is -0.134. The summed E-state index contributed by atoms with van der Waals surface area (Å²) in [7, 11) is 0. The van der Waals surface area contributed by atoms with Crippen LogP contribution in [0.1, 0.15) is 31.7 Å². The minimum Gasteiger partial charge on any atom is -0.478 e. The van der Waals surface area contributed by atoms with Crippen LogP contribution >= 0.6 is 23.2 Å². The quantitative estimate of drug-likeness (QED) is 0.563. The Bertz CT molecular complexity index is 663. The molecule has 156 valence electrons. The first-order valence-electron chi connectivity index (χ1n) is 9.08. The lowest BCUT2D eigenvalue weighted by atomic mass is 9.81. The van der Waals surface area contributed by atoms with E-state index in [1.54, 1.807) is 0 Å². The molecule has 8 heteroatoms. The molecule has 1 fully saturated rings. The Hall–Kier alpha value is -1.60. The van der Waals surface area contributed by atoms with Gasteiger partial charge in [0.15, 0.2) is 0 Å². The highest BCUT2D eigenvalue weighted by atomic mass is 35.5. The highest BCUT2D eigenvalue weighted by Gasteiger charge is 2.27. The Morgan fingerprint density at radius 1 is 1.21 bits per heavy atom. The molecule has 1 aliphatic heterocycles. The third-order valence-electron chi connectivity index (χ3n) is 4.13. The van der Waals surface area contributed by atoms with Gasteiger partial charge in [-0.05, 0) is 42.5 Å². The van der Waals surface area contributed by atoms with Gasteiger partial charge in [0, 0.05) is 31.2 Å². The van der Waals surface area contributed by atoms with E-state index in [9.17, 15) is 9.59 Å². The van der Waals surface area contributed by atoms with Crippen molar-refractivity contribution in [2.75, 3.05) is 26.3 Å². The van der Waals surface area contributed by atoms with E-state index < -0.39 is 11.9 Å². The lowest BCUT2D eigenvalue weighted by Crippen LogP contribution is -2.38. The molecule has 3 N–H and O–H groups in total. The van der Waals surface area contributed by atoms with E-state index in [1.807, 2.05) is 12.1 Å². The smallest absolute Gasteiger partial charge is 0.328 e. The molecule has 0 aliphatic carbocycles. The van der Waals surface area contributed by atoms with E-state index >= 15 is 0 Å². The second kappa shape index (κ2) is 12.8. The van der Waals surface area contributed by atoms with Crippen LogP contribution in [0.4, 0.5) is 0 Å². The molecule has 6 nitrogen and oxygen atoms in total. The molecule has 2 atom stereocenters. The fourth-order valence-corrected chi connectivity index (χ4v) is 3.18. The maximum absolute atomic E-state index is 9.55. The van der Waals surface area contributed by atoms with Crippen LogP contribution in [0.2, 0.25) is 10.0 Å². The summed E-state index contributed by atoms with van der Waals surface area (Å²) in [5, 5.41) is 20.3. The van der Waals surface area contributed by atoms with Crippen LogP contribution in [0.5, 0.6) is 0 Å². The first kappa shape index (κ1) is 24.4. The van der Waals surface area contributed by atoms with E-state index in [0.29, 0.717) is 40.0 Å². The van der Waals surface area contributed by atoms with Crippen molar-refractivity contribution in [2.45, 2.75) is 26.2 Å². The average molecular weight is 432 g/mol. The minimum atomic E-state index is -1.26. The van der Waals surface area contributed by atoms with E-state index in [0.717, 1.165) is 32.7 Å². The van der Waals surface area contributed by atoms with Gasteiger partial charge in [-0.25, -0.2) is 9.59 Å². The third-order valence-corrected chi connectivity index (χ3v) is 4.87. The molecule has 2 rings (SSSR count). The number of ether oxygens (including phenoxy) is 1. The normalized spacial score (nSPS) is 19.3. The van der Waals surface area contributed by atoms with Crippen molar-refractivity contribution in [1.82, 2.24) is 5.32 Å². The number of piperidine rings is 1. The predicted octanol–water partition coefficient (Wildman–Crippen LogP) is 4.07. The summed E-state index contributed by atoms with van der Waals surface area (Å²) in [5.41, 5.74) is 1.28. The highest BCUT2D eigenvalue weighted by molar-refractivity contribution is 6.42. The molecule has 0 radical (unpaired) electrons. The standard InChI is InChI=1S/C16H23Cl2NO.C4H4O4/c1-11(2)9-20-10-13-8-19-6-5-14(13)12-3-4-15(17)16(18)7-12;5-3(6)1-2-4(7)8/h3-4,7,11,13-14,19H,5-6,8-10H2,1-2H3;1-2H,(H,5,6)(H,7,8). The fraction of sp³-hybridized carbons (Fsp3) is 0.500. The Morgan fingerprint density at radius 3 is 2.39 bits per heavy atom. The molecule has 0 amide bonds. The van der Waals surface area contributed by atoms with Crippen molar-refractivity contribution in [1.29, 1.82) is 0 Å². The number of hydrogen-bond acceptors (Lipinski definition) is 4. The molecule has 1 aliphatic rings. The summed E-state index contributed by atoms with van der Waals surface area (Å²) in [6, 6.07) is 6.00. The topological polar surface area (TPSA) is 95.9 Å². The van der Waals surface area contributed by atoms with Crippen molar-refractivity contribution in [2.24, 2.45) is 11.8 Å². The van der Waals surface area contributed by atoms with E-state index in [1.165, 1.54) is 5.56 Å². The average Bonchev–Trinajstić information content (AvgIpc) is 2.63. The molecular weight excluding hydrogens is 405 g/mol. The van der Waals surface area contributed by atoms with Crippen LogP contribution < -0.4 is 5.32 Å². The van der Waals surface area contributed by atoms with Crippen LogP contribution in [0.3, 0.4) is 0 Å². The molecule has 1 saturated heterocycles. The zero-order valence-electron chi connectivity index (χ0n) is 16.0. The van der Waals surface area contributed by atoms with E-state index in [4.69, 9.17) is 38.2 Å². The van der Waals surface area contributed by atoms with Gasteiger partial charge in [0.2, 0.25) is 0 Å². The van der Waals surface area contributed by atoms with Gasteiger partial charge in [0.1, 0.15) is 0 Å². The minimum absolute atomic E-state index is 0.498. The molecule has 0 saturated carbocycles. The number of benzene rings is 1. The SMILES string of the molecule is CC(C)COCC1CNCCC1c1ccc(Cl)c(Cl)c1.O=C(O)C=CC(=O)O. The summed E-state index contributed by atoms with van der Waals surface area (Å²) < 4.78 is 5.84. The number of nitrogens with one attached hydrogen (secondary N) is 1. The summed E-state index contributed by atoms with van der Waals surface area (Å²) in [5.74, 6) is -0.937. The van der Waals surface area contributed by atoms with Gasteiger partial charge in [0.25, 0.3) is 0 Å². The first-order valence-corrected chi connectivity index (χ1v) is 9.83. The van der Waals surface area contributed by atoms with Gasteiger partial charge in [-0.3, -0.25) is 0 Å². The maximum atomic E-state index is 9.55. The fourth-order valence-electron chi connectivity index (χ4n) is 2.88. The van der Waals surface area contributed by atoms with Crippen molar-refractivity contribution < 1.29 is 24.5 Å². The second-order valence-corrected chi connectivity index (χ2v) is 7.79. The number of aliphatic carboxylic acids is 2. The Kier molecular flexibility index (Phi) is 11.2. The van der Waals surface area contributed by atoms with Crippen LogP contribution in [0, 0.1) is 11.8 Å². The zero-order chi connectivity index (χ0) is 21.1. The third kappa shape index (κ3) is 9.55. The molecule has 2 unspecified atom stereocenters. The van der Waals surface area contributed by atoms with Crippen LogP contribution in [-0.2, 0) is 14.3 Å². The van der Waals surface area contributed by atoms with Gasteiger partial charge in [-0.1, -0.05) is 43.1 Å². The van der Waals surface area contributed by atoms with Gasteiger partial charge in [-0.2, -0.15) is 0 Å². The maximum Gasteiger partial charge on any atom is 0.328 e. The summed E-state index contributed by atoms with van der Waals surface area (Å²) in [4.78, 5) is 19.1. The number of rotatable bonds is 7. The number of carboxylic acids is 2. The second-order valence-electron chi connectivity index (χ2n) is 6.97. The van der Waals surface area contributed by atoms with Gasteiger partial charge in [-0.15, -0.1) is 0 Å². The first-order chi connectivity index (χ1) is 13.2. The molecule has 0 bridgehead atoms. The monoisotopic (exact) mass is 431 g/mol. The van der Waals surface area contributed by atoms with Crippen LogP contribution in [-0.4, -0.2) is 48.5 Å². The largest absolute Gasteiger partial charge is 0.478 e. The molecule has 0 aromatic heterocycles. The lowest BCUT2D eigenvalue weighted by Gasteiger charge is -2.32. The van der Waals surface area contributed by atoms with Crippen molar-refractivity contribution in [3.05, 3.63) is 46.0 Å². The number of carbonyl (C=O) groups is 2. The summed E-state index contributed by atoms with van der Waals surface area (Å²) in [6.45, 7) is 8.03. The summed E-state index contributed by atoms with van der Waals surface area (Å²) in [6.07, 6.45) is 2.23. The number of hydrogen-bond donors (Lipinski definition) is 3. The number of carboxylic acid groups (broad SMARTS) is 2. The highest BCUT2D eigenvalue weighted by Crippen LogP contribution is 2.34. The van der Waals surface area contributed by atoms with Crippen molar-refractivity contribution in [3.63, 3.8) is 0 Å². The van der Waals surface area contributed by atoms with Crippen LogP contribution in [0.25, 0.3) is 0 Å². The Labute approximate surface area is 175 Å². The zero-order valence-corrected chi connectivity index (χ0v) is 17.5. The molecular formula is C20H27Cl2NO5. The number of halogens is 2. The van der Waals surface area contributed by atoms with Gasteiger partial charge >= 0.3 is 11.9 Å². The molecule has 1 aromatic carbocycles. The van der Waals surface area contributed by atoms with E-state index in [2.05, 4.69) is 25.2 Å². The van der Waals surface area contributed by atoms with E-state index in [-0.39, 0.29) is 0 Å². The van der Waals surface area contributed by atoms with Gasteiger partial charge in [0.05, 0.1) is 16.7 Å². The molecule has 0 spiro atoms. The molecule has 28 heavy (non-hydrogen) atoms. The van der Waals surface area contributed by atoms with Crippen molar-refractivity contribution in [3.8, 4) is 0 Å². The molecule has 1 aromatic rings.